The molecule has 80 valence electrons. The third-order valence-electron chi connectivity index (χ3n) is 1.84. The van der Waals surface area contributed by atoms with Crippen molar-refractivity contribution in [1.82, 2.24) is 0 Å². The molecule has 0 aromatic heterocycles. The summed E-state index contributed by atoms with van der Waals surface area (Å²) in [6.45, 7) is 3.29. The van der Waals surface area contributed by atoms with Crippen LogP contribution in [-0.2, 0) is 21.3 Å². The Balaban J connectivity index is 3.19. The molecule has 0 aliphatic rings. The highest BCUT2D eigenvalue weighted by Gasteiger charge is 2.15. The number of rotatable bonds is 4. The Hall–Kier alpha value is -1.46. The van der Waals surface area contributed by atoms with Crippen molar-refractivity contribution >= 4 is 15.9 Å². The second-order valence-electron chi connectivity index (χ2n) is 2.93. The van der Waals surface area contributed by atoms with Gasteiger partial charge < -0.3 is 0 Å². The van der Waals surface area contributed by atoms with Crippen LogP contribution < -0.4 is 0 Å². The lowest BCUT2D eigenvalue weighted by atomic mass is 10.1. The van der Waals surface area contributed by atoms with Crippen molar-refractivity contribution in [3.05, 3.63) is 42.5 Å². The molecule has 0 radical (unpaired) electrons. The van der Waals surface area contributed by atoms with E-state index < -0.39 is 10.1 Å². The molecule has 0 heterocycles. The maximum Gasteiger partial charge on any atom is 0.294 e. The van der Waals surface area contributed by atoms with Crippen LogP contribution in [0.4, 0.5) is 0 Å². The Bertz CT molecular complexity index is 488. The molecule has 4 nitrogen and oxygen atoms in total. The fraction of sp³-hybridized carbons (Fsp3) is 0.100. The second kappa shape index (κ2) is 4.37. The first-order valence-corrected chi connectivity index (χ1v) is 5.60. The molecular formula is C10H10O4S. The maximum atomic E-state index is 11.1. The van der Waals surface area contributed by atoms with Crippen LogP contribution in [0.2, 0.25) is 0 Å². The molecule has 0 fully saturated rings. The number of benzene rings is 1. The van der Waals surface area contributed by atoms with Crippen molar-refractivity contribution < 1.29 is 17.8 Å². The molecule has 15 heavy (non-hydrogen) atoms. The van der Waals surface area contributed by atoms with Crippen LogP contribution in [0, 0.1) is 0 Å². The van der Waals surface area contributed by atoms with Crippen LogP contribution in [0.15, 0.2) is 41.8 Å². The summed E-state index contributed by atoms with van der Waals surface area (Å²) >= 11 is 0. The van der Waals surface area contributed by atoms with E-state index in [1.807, 2.05) is 0 Å². The quantitative estimate of drug-likeness (QED) is 0.619. The van der Waals surface area contributed by atoms with Crippen LogP contribution in [0.1, 0.15) is 5.56 Å². The van der Waals surface area contributed by atoms with Gasteiger partial charge in [0.2, 0.25) is 0 Å². The summed E-state index contributed by atoms with van der Waals surface area (Å²) in [7, 11) is -4.27. The van der Waals surface area contributed by atoms with Gasteiger partial charge in [-0.1, -0.05) is 24.8 Å². The molecule has 1 aromatic rings. The summed E-state index contributed by atoms with van der Waals surface area (Å²) in [5.74, 6) is -0.300. The van der Waals surface area contributed by atoms with Crippen LogP contribution in [0.25, 0.3) is 0 Å². The predicted octanol–water partition coefficient (Wildman–Crippen LogP) is 1.23. The number of hydrogen-bond donors (Lipinski definition) is 1. The van der Waals surface area contributed by atoms with E-state index in [0.717, 1.165) is 6.08 Å². The van der Waals surface area contributed by atoms with E-state index in [0.29, 0.717) is 0 Å². The van der Waals surface area contributed by atoms with Gasteiger partial charge in [-0.05, 0) is 17.7 Å². The van der Waals surface area contributed by atoms with E-state index in [4.69, 9.17) is 4.55 Å². The Morgan fingerprint density at radius 2 is 2.00 bits per heavy atom. The lowest BCUT2D eigenvalue weighted by molar-refractivity contribution is -0.114. The van der Waals surface area contributed by atoms with E-state index in [1.165, 1.54) is 18.2 Å². The second-order valence-corrected chi connectivity index (χ2v) is 4.32. The SMILES string of the molecule is C=CC(=O)Cc1ccccc1S(=O)(=O)O. The first kappa shape index (κ1) is 11.6. The van der Waals surface area contributed by atoms with Crippen molar-refractivity contribution in [3.63, 3.8) is 0 Å². The zero-order chi connectivity index (χ0) is 11.5. The molecule has 0 aliphatic carbocycles. The minimum absolute atomic E-state index is 0.0839. The van der Waals surface area contributed by atoms with Crippen molar-refractivity contribution in [1.29, 1.82) is 0 Å². The number of ketones is 1. The fourth-order valence-electron chi connectivity index (χ4n) is 1.16. The van der Waals surface area contributed by atoms with Crippen LogP contribution >= 0.6 is 0 Å². The maximum absolute atomic E-state index is 11.1. The smallest absolute Gasteiger partial charge is 0.294 e. The highest BCUT2D eigenvalue weighted by molar-refractivity contribution is 7.85. The minimum Gasteiger partial charge on any atom is -0.295 e. The summed E-state index contributed by atoms with van der Waals surface area (Å²) in [6, 6.07) is 5.80. The standard InChI is InChI=1S/C10H10O4S/c1-2-9(11)7-8-5-3-4-6-10(8)15(12,13)14/h2-6H,1,7H2,(H,12,13,14). The summed E-state index contributed by atoms with van der Waals surface area (Å²) in [5, 5.41) is 0. The van der Waals surface area contributed by atoms with Crippen molar-refractivity contribution in [2.45, 2.75) is 11.3 Å². The minimum atomic E-state index is -4.27. The third-order valence-corrected chi connectivity index (χ3v) is 2.80. The Morgan fingerprint density at radius 3 is 2.53 bits per heavy atom. The Morgan fingerprint density at radius 1 is 1.40 bits per heavy atom. The van der Waals surface area contributed by atoms with Crippen LogP contribution in [0.3, 0.4) is 0 Å². The van der Waals surface area contributed by atoms with Gasteiger partial charge in [-0.3, -0.25) is 9.35 Å². The molecule has 5 heteroatoms. The molecule has 1 aromatic carbocycles. The molecular weight excluding hydrogens is 216 g/mol. The Labute approximate surface area is 88.0 Å². The lowest BCUT2D eigenvalue weighted by Crippen LogP contribution is -2.06. The van der Waals surface area contributed by atoms with Gasteiger partial charge in [0, 0.05) is 6.42 Å². The summed E-state index contributed by atoms with van der Waals surface area (Å²) < 4.78 is 30.8. The number of carbonyl (C=O) groups excluding carboxylic acids is 1. The molecule has 1 N–H and O–H groups in total. The molecule has 0 bridgehead atoms. The first-order valence-electron chi connectivity index (χ1n) is 4.16. The normalized spacial score (nSPS) is 11.0. The molecule has 0 saturated carbocycles. The summed E-state index contributed by atoms with van der Waals surface area (Å²) in [4.78, 5) is 10.8. The zero-order valence-electron chi connectivity index (χ0n) is 7.88. The third kappa shape index (κ3) is 3.00. The first-order chi connectivity index (χ1) is 6.95. The molecule has 0 spiro atoms. The lowest BCUT2D eigenvalue weighted by Gasteiger charge is -2.04. The highest BCUT2D eigenvalue weighted by Crippen LogP contribution is 2.15. The largest absolute Gasteiger partial charge is 0.295 e. The monoisotopic (exact) mass is 226 g/mol. The highest BCUT2D eigenvalue weighted by atomic mass is 32.2. The molecule has 0 amide bonds. The molecule has 0 saturated heterocycles. The summed E-state index contributed by atoms with van der Waals surface area (Å²) in [6.07, 6.45) is 1.03. The number of hydrogen-bond acceptors (Lipinski definition) is 3. The summed E-state index contributed by atoms with van der Waals surface area (Å²) in [5.41, 5.74) is 0.268. The average molecular weight is 226 g/mol. The van der Waals surface area contributed by atoms with Gasteiger partial charge in [0.15, 0.2) is 5.78 Å². The van der Waals surface area contributed by atoms with Gasteiger partial charge in [0.05, 0.1) is 4.90 Å². The van der Waals surface area contributed by atoms with Crippen molar-refractivity contribution in [2.75, 3.05) is 0 Å². The predicted molar refractivity (Wildman–Crippen MR) is 55.2 cm³/mol. The van der Waals surface area contributed by atoms with E-state index in [9.17, 15) is 13.2 Å². The van der Waals surface area contributed by atoms with Gasteiger partial charge in [-0.15, -0.1) is 0 Å². The van der Waals surface area contributed by atoms with Crippen LogP contribution in [-0.4, -0.2) is 18.8 Å². The van der Waals surface area contributed by atoms with Crippen molar-refractivity contribution in [3.8, 4) is 0 Å². The van der Waals surface area contributed by atoms with E-state index in [-0.39, 0.29) is 22.7 Å². The van der Waals surface area contributed by atoms with Crippen molar-refractivity contribution in [2.24, 2.45) is 0 Å². The zero-order valence-corrected chi connectivity index (χ0v) is 8.70. The molecule has 0 aliphatic heterocycles. The molecule has 0 atom stereocenters. The average Bonchev–Trinajstić information content (AvgIpc) is 2.17. The molecule has 0 unspecified atom stereocenters. The van der Waals surface area contributed by atoms with E-state index in [2.05, 4.69) is 6.58 Å². The Kier molecular flexibility index (Phi) is 3.39. The topological polar surface area (TPSA) is 71.4 Å². The fourth-order valence-corrected chi connectivity index (χ4v) is 1.88. The van der Waals surface area contributed by atoms with E-state index in [1.54, 1.807) is 6.07 Å². The van der Waals surface area contributed by atoms with E-state index >= 15 is 0 Å². The van der Waals surface area contributed by atoms with Gasteiger partial charge in [0.1, 0.15) is 0 Å². The van der Waals surface area contributed by atoms with Gasteiger partial charge >= 0.3 is 0 Å². The van der Waals surface area contributed by atoms with Gasteiger partial charge in [-0.25, -0.2) is 0 Å². The molecule has 1 rings (SSSR count). The van der Waals surface area contributed by atoms with Crippen LogP contribution in [0.5, 0.6) is 0 Å². The number of allylic oxidation sites excluding steroid dienone is 1. The number of carbonyl (C=O) groups is 1. The van der Waals surface area contributed by atoms with Gasteiger partial charge in [-0.2, -0.15) is 8.42 Å². The van der Waals surface area contributed by atoms with Gasteiger partial charge in [0.25, 0.3) is 10.1 Å².